The summed E-state index contributed by atoms with van der Waals surface area (Å²) in [4.78, 5) is 5.69. The third kappa shape index (κ3) is 5.69. The number of methoxy groups -OCH3 is 1. The summed E-state index contributed by atoms with van der Waals surface area (Å²) in [7, 11) is 2.92. The highest BCUT2D eigenvalue weighted by atomic mass is 32.2. The average Bonchev–Trinajstić information content (AvgIpc) is 2.70. The van der Waals surface area contributed by atoms with Crippen molar-refractivity contribution in [2.45, 2.75) is 36.0 Å². The number of aliphatic imine (C=N–C) groups is 1. The van der Waals surface area contributed by atoms with Crippen molar-refractivity contribution in [2.24, 2.45) is 4.99 Å². The van der Waals surface area contributed by atoms with E-state index >= 15 is 0 Å². The van der Waals surface area contributed by atoms with Crippen molar-refractivity contribution in [2.75, 3.05) is 20.7 Å². The molecule has 0 heterocycles. The number of aryl methyl sites for hydroxylation is 1. The van der Waals surface area contributed by atoms with Crippen LogP contribution in [0.1, 0.15) is 23.6 Å². The molecule has 0 spiro atoms. The normalized spacial score (nSPS) is 14.5. The van der Waals surface area contributed by atoms with Crippen LogP contribution in [0.15, 0.2) is 46.3 Å². The van der Waals surface area contributed by atoms with Crippen LogP contribution < -0.4 is 4.74 Å². The van der Waals surface area contributed by atoms with Gasteiger partial charge in [0.1, 0.15) is 5.75 Å². The van der Waals surface area contributed by atoms with Crippen LogP contribution in [-0.2, 0) is 5.60 Å². The fourth-order valence-electron chi connectivity index (χ4n) is 2.88. The monoisotopic (exact) mass is 480 g/mol. The second-order valence-electron chi connectivity index (χ2n) is 6.94. The Hall–Kier alpha value is -2.40. The van der Waals surface area contributed by atoms with Crippen molar-refractivity contribution >= 4 is 23.8 Å². The molecule has 2 rings (SSSR count). The first-order valence-electron chi connectivity index (χ1n) is 9.31. The highest BCUT2D eigenvalue weighted by molar-refractivity contribution is 8.00. The first kappa shape index (κ1) is 25.9. The van der Waals surface area contributed by atoms with E-state index in [1.54, 1.807) is 11.9 Å². The zero-order valence-electron chi connectivity index (χ0n) is 17.7. The lowest BCUT2D eigenvalue weighted by molar-refractivity contribution is -0.248. The van der Waals surface area contributed by atoms with Gasteiger partial charge in [-0.05, 0) is 54.9 Å². The Labute approximate surface area is 185 Å². The van der Waals surface area contributed by atoms with Gasteiger partial charge in [-0.2, -0.15) is 26.3 Å². The van der Waals surface area contributed by atoms with Gasteiger partial charge in [0.05, 0.1) is 19.1 Å². The number of thioether (sulfide) groups is 1. The SMILES string of the molecule is CCN(C)/C=N/c1cc(OC)c(C(O)(c2ccc(SC(F)(F)F)cc2)C(F)(F)F)cc1C. The minimum Gasteiger partial charge on any atom is -0.496 e. The Bertz CT molecular complexity index is 960. The molecule has 0 radical (unpaired) electrons. The van der Waals surface area contributed by atoms with Crippen molar-refractivity contribution in [3.8, 4) is 5.75 Å². The van der Waals surface area contributed by atoms with Gasteiger partial charge in [-0.25, -0.2) is 4.99 Å². The van der Waals surface area contributed by atoms with Crippen LogP contribution in [0, 0.1) is 6.92 Å². The third-order valence-corrected chi connectivity index (χ3v) is 5.46. The van der Waals surface area contributed by atoms with E-state index in [0.29, 0.717) is 17.8 Å². The molecule has 176 valence electrons. The van der Waals surface area contributed by atoms with Gasteiger partial charge in [-0.15, -0.1) is 0 Å². The summed E-state index contributed by atoms with van der Waals surface area (Å²) in [5.74, 6) is -0.268. The molecule has 2 aromatic rings. The smallest absolute Gasteiger partial charge is 0.446 e. The zero-order chi connectivity index (χ0) is 24.3. The van der Waals surface area contributed by atoms with Crippen LogP contribution in [0.5, 0.6) is 5.75 Å². The molecule has 0 saturated carbocycles. The zero-order valence-corrected chi connectivity index (χ0v) is 18.5. The minimum absolute atomic E-state index is 0.268. The fraction of sp³-hybridized carbons (Fsp3) is 0.381. The molecule has 0 aliphatic carbocycles. The third-order valence-electron chi connectivity index (χ3n) is 4.72. The molecule has 1 atom stereocenters. The largest absolute Gasteiger partial charge is 0.496 e. The molecule has 1 N–H and O–H groups in total. The first-order valence-corrected chi connectivity index (χ1v) is 10.1. The van der Waals surface area contributed by atoms with Gasteiger partial charge in [0, 0.05) is 30.1 Å². The summed E-state index contributed by atoms with van der Waals surface area (Å²) >= 11 is -0.462. The van der Waals surface area contributed by atoms with Crippen molar-refractivity contribution in [1.29, 1.82) is 0 Å². The predicted molar refractivity (Wildman–Crippen MR) is 112 cm³/mol. The molecule has 0 fully saturated rings. The van der Waals surface area contributed by atoms with Crippen molar-refractivity contribution in [1.82, 2.24) is 4.90 Å². The maximum absolute atomic E-state index is 14.2. The van der Waals surface area contributed by atoms with E-state index in [1.165, 1.54) is 19.3 Å². The molecule has 11 heteroatoms. The van der Waals surface area contributed by atoms with Crippen LogP contribution in [0.4, 0.5) is 32.0 Å². The van der Waals surface area contributed by atoms with E-state index in [1.807, 2.05) is 6.92 Å². The van der Waals surface area contributed by atoms with E-state index in [2.05, 4.69) is 4.99 Å². The lowest BCUT2D eigenvalue weighted by Crippen LogP contribution is -2.43. The van der Waals surface area contributed by atoms with Crippen LogP contribution >= 0.6 is 11.8 Å². The number of halogens is 6. The van der Waals surface area contributed by atoms with E-state index in [4.69, 9.17) is 4.74 Å². The molecule has 2 aromatic carbocycles. The Balaban J connectivity index is 2.62. The van der Waals surface area contributed by atoms with Gasteiger partial charge >= 0.3 is 11.7 Å². The van der Waals surface area contributed by atoms with Crippen molar-refractivity contribution in [3.63, 3.8) is 0 Å². The van der Waals surface area contributed by atoms with Gasteiger partial charge in [-0.1, -0.05) is 12.1 Å². The number of hydrogen-bond donors (Lipinski definition) is 1. The molecular formula is C21H22F6N2O2S. The van der Waals surface area contributed by atoms with Gasteiger partial charge in [0.2, 0.25) is 5.60 Å². The van der Waals surface area contributed by atoms with Crippen molar-refractivity contribution < 1.29 is 36.2 Å². The second kappa shape index (κ2) is 9.62. The summed E-state index contributed by atoms with van der Waals surface area (Å²) < 4.78 is 85.3. The molecule has 0 aliphatic heterocycles. The van der Waals surface area contributed by atoms with Gasteiger partial charge in [0.15, 0.2) is 0 Å². The Kier molecular flexibility index (Phi) is 7.77. The van der Waals surface area contributed by atoms with E-state index in [9.17, 15) is 31.4 Å². The van der Waals surface area contributed by atoms with Crippen LogP contribution in [0.25, 0.3) is 0 Å². The molecular weight excluding hydrogens is 458 g/mol. The number of aliphatic hydroxyl groups is 1. The van der Waals surface area contributed by atoms with E-state index in [-0.39, 0.29) is 10.6 Å². The van der Waals surface area contributed by atoms with Crippen LogP contribution in [-0.4, -0.2) is 48.7 Å². The minimum atomic E-state index is -5.20. The average molecular weight is 480 g/mol. The predicted octanol–water partition coefficient (Wildman–Crippen LogP) is 6.03. The first-order chi connectivity index (χ1) is 14.7. The highest BCUT2D eigenvalue weighted by Gasteiger charge is 2.57. The maximum atomic E-state index is 14.2. The van der Waals surface area contributed by atoms with E-state index < -0.39 is 40.2 Å². The van der Waals surface area contributed by atoms with Gasteiger partial charge < -0.3 is 14.7 Å². The van der Waals surface area contributed by atoms with Crippen LogP contribution in [0.3, 0.4) is 0 Å². The van der Waals surface area contributed by atoms with Crippen LogP contribution in [0.2, 0.25) is 0 Å². The standard InChI is InChI=1S/C21H22F6N2O2S/c1-5-29(3)12-28-17-11-18(31-4)16(10-13(17)2)19(30,20(22,23)24)14-6-8-15(9-7-14)32-21(25,26)27/h6-12,30H,5H2,1-4H3/b28-12+. The molecule has 0 bridgehead atoms. The van der Waals surface area contributed by atoms with Gasteiger partial charge in [0.25, 0.3) is 0 Å². The lowest BCUT2D eigenvalue weighted by atomic mass is 9.84. The number of hydrogen-bond acceptors (Lipinski definition) is 4. The Morgan fingerprint density at radius 3 is 2.16 bits per heavy atom. The molecule has 0 saturated heterocycles. The summed E-state index contributed by atoms with van der Waals surface area (Å²) in [5.41, 5.74) is -8.67. The number of ether oxygens (including phenoxy) is 1. The number of nitrogens with zero attached hydrogens (tertiary/aromatic N) is 2. The molecule has 32 heavy (non-hydrogen) atoms. The number of alkyl halides is 6. The fourth-order valence-corrected chi connectivity index (χ4v) is 3.42. The van der Waals surface area contributed by atoms with Crippen molar-refractivity contribution in [3.05, 3.63) is 53.1 Å². The lowest BCUT2D eigenvalue weighted by Gasteiger charge is -2.33. The topological polar surface area (TPSA) is 45.1 Å². The molecule has 0 aromatic heterocycles. The Morgan fingerprint density at radius 1 is 1.09 bits per heavy atom. The number of benzene rings is 2. The molecule has 1 unspecified atom stereocenters. The summed E-state index contributed by atoms with van der Waals surface area (Å²) in [6.45, 7) is 4.08. The van der Waals surface area contributed by atoms with Gasteiger partial charge in [-0.3, -0.25) is 0 Å². The summed E-state index contributed by atoms with van der Waals surface area (Å²) in [5, 5.41) is 10.9. The maximum Gasteiger partial charge on any atom is 0.446 e. The van der Waals surface area contributed by atoms with E-state index in [0.717, 1.165) is 37.4 Å². The number of rotatable bonds is 7. The Morgan fingerprint density at radius 2 is 1.69 bits per heavy atom. The second-order valence-corrected chi connectivity index (χ2v) is 8.08. The molecule has 4 nitrogen and oxygen atoms in total. The summed E-state index contributed by atoms with van der Waals surface area (Å²) in [6, 6.07) is 5.78. The molecule has 0 amide bonds. The quantitative estimate of drug-likeness (QED) is 0.228. The highest BCUT2D eigenvalue weighted by Crippen LogP contribution is 2.49. The summed E-state index contributed by atoms with van der Waals surface area (Å²) in [6.07, 6.45) is -3.69. The molecule has 0 aliphatic rings.